The number of nitrogens with zero attached hydrogens (tertiary/aromatic N) is 1. The minimum atomic E-state index is -3.67. The fraction of sp³-hybridized carbons (Fsp3) is 0.611. The summed E-state index contributed by atoms with van der Waals surface area (Å²) in [6.07, 6.45) is 5.86. The molecule has 6 heteroatoms. The SMILES string of the molecule is CCCC12CCC(O)(CC1)CC2=NNS(=O)(=O)c1ccc(C)cc1. The molecule has 2 bridgehead atoms. The molecule has 0 unspecified atom stereocenters. The minimum absolute atomic E-state index is 0.0466. The highest BCUT2D eigenvalue weighted by molar-refractivity contribution is 7.89. The molecule has 24 heavy (non-hydrogen) atoms. The van der Waals surface area contributed by atoms with Gasteiger partial charge in [0.2, 0.25) is 0 Å². The Bertz CT molecular complexity index is 730. The van der Waals surface area contributed by atoms with Gasteiger partial charge in [0.1, 0.15) is 0 Å². The molecule has 0 aliphatic heterocycles. The highest BCUT2D eigenvalue weighted by Gasteiger charge is 2.51. The standard InChI is InChI=1S/C18H26N2O3S/c1-3-8-17-9-11-18(21,12-10-17)13-16(17)19-20-24(22,23)15-6-4-14(2)5-7-15/h4-7,20-21H,3,8-13H2,1-2H3. The summed E-state index contributed by atoms with van der Waals surface area (Å²) in [4.78, 5) is 2.61. The van der Waals surface area contributed by atoms with Gasteiger partial charge in [-0.2, -0.15) is 13.5 Å². The smallest absolute Gasteiger partial charge is 0.276 e. The molecule has 3 saturated carbocycles. The van der Waals surface area contributed by atoms with Crippen molar-refractivity contribution < 1.29 is 13.5 Å². The predicted molar refractivity (Wildman–Crippen MR) is 94.3 cm³/mol. The van der Waals surface area contributed by atoms with E-state index in [0.29, 0.717) is 6.42 Å². The number of nitrogens with one attached hydrogen (secondary N) is 1. The first-order valence-corrected chi connectivity index (χ1v) is 10.1. The highest BCUT2D eigenvalue weighted by Crippen LogP contribution is 2.52. The molecule has 3 aliphatic rings. The van der Waals surface area contributed by atoms with Crippen LogP contribution in [0.3, 0.4) is 0 Å². The Morgan fingerprint density at radius 3 is 2.38 bits per heavy atom. The summed E-state index contributed by atoms with van der Waals surface area (Å²) in [5, 5.41) is 14.9. The van der Waals surface area contributed by atoms with Crippen LogP contribution in [0.1, 0.15) is 57.4 Å². The van der Waals surface area contributed by atoms with E-state index in [4.69, 9.17) is 0 Å². The predicted octanol–water partition coefficient (Wildman–Crippen LogP) is 3.12. The number of hydrazone groups is 1. The summed E-state index contributed by atoms with van der Waals surface area (Å²) < 4.78 is 24.9. The van der Waals surface area contributed by atoms with Gasteiger partial charge in [-0.25, -0.2) is 4.83 Å². The second kappa shape index (κ2) is 6.15. The van der Waals surface area contributed by atoms with Crippen molar-refractivity contribution in [3.63, 3.8) is 0 Å². The van der Waals surface area contributed by atoms with E-state index in [0.717, 1.165) is 49.8 Å². The van der Waals surface area contributed by atoms with Crippen LogP contribution in [0.2, 0.25) is 0 Å². The number of rotatable bonds is 5. The Morgan fingerprint density at radius 1 is 1.17 bits per heavy atom. The zero-order valence-corrected chi connectivity index (χ0v) is 15.2. The summed E-state index contributed by atoms with van der Waals surface area (Å²) in [6, 6.07) is 6.71. The van der Waals surface area contributed by atoms with E-state index in [1.165, 1.54) is 0 Å². The summed E-state index contributed by atoms with van der Waals surface area (Å²) in [5.41, 5.74) is 1.08. The lowest BCUT2D eigenvalue weighted by molar-refractivity contribution is -0.0371. The highest BCUT2D eigenvalue weighted by atomic mass is 32.2. The maximum absolute atomic E-state index is 12.5. The van der Waals surface area contributed by atoms with Crippen molar-refractivity contribution in [3.8, 4) is 0 Å². The third kappa shape index (κ3) is 3.22. The third-order valence-corrected chi connectivity index (χ3v) is 6.83. The molecule has 1 aromatic carbocycles. The zero-order valence-electron chi connectivity index (χ0n) is 14.4. The quantitative estimate of drug-likeness (QED) is 0.801. The third-order valence-electron chi connectivity index (χ3n) is 5.61. The van der Waals surface area contributed by atoms with Crippen molar-refractivity contribution >= 4 is 15.7 Å². The Hall–Kier alpha value is -1.40. The van der Waals surface area contributed by atoms with Gasteiger partial charge in [0.05, 0.1) is 10.5 Å². The Labute approximate surface area is 144 Å². The summed E-state index contributed by atoms with van der Waals surface area (Å²) in [5.74, 6) is 0. The van der Waals surface area contributed by atoms with Crippen molar-refractivity contribution in [2.75, 3.05) is 0 Å². The lowest BCUT2D eigenvalue weighted by Gasteiger charge is -2.51. The second-order valence-electron chi connectivity index (χ2n) is 7.40. The monoisotopic (exact) mass is 350 g/mol. The van der Waals surface area contributed by atoms with E-state index in [2.05, 4.69) is 16.9 Å². The number of sulfonamides is 1. The molecule has 0 heterocycles. The van der Waals surface area contributed by atoms with E-state index < -0.39 is 15.6 Å². The first kappa shape index (κ1) is 17.4. The maximum Gasteiger partial charge on any atom is 0.276 e. The molecule has 0 amide bonds. The van der Waals surface area contributed by atoms with E-state index in [1.807, 2.05) is 6.92 Å². The zero-order chi connectivity index (χ0) is 17.4. The number of aryl methyl sites for hydroxylation is 1. The van der Waals surface area contributed by atoms with Crippen LogP contribution in [-0.4, -0.2) is 24.8 Å². The van der Waals surface area contributed by atoms with Crippen molar-refractivity contribution in [2.24, 2.45) is 10.5 Å². The first-order chi connectivity index (χ1) is 11.3. The molecular weight excluding hydrogens is 324 g/mol. The van der Waals surface area contributed by atoms with Crippen LogP contribution in [0.5, 0.6) is 0 Å². The van der Waals surface area contributed by atoms with E-state index >= 15 is 0 Å². The number of benzene rings is 1. The maximum atomic E-state index is 12.5. The van der Waals surface area contributed by atoms with Gasteiger partial charge < -0.3 is 5.11 Å². The summed E-state index contributed by atoms with van der Waals surface area (Å²) in [7, 11) is -3.67. The molecule has 132 valence electrons. The normalized spacial score (nSPS) is 31.4. The van der Waals surface area contributed by atoms with Gasteiger partial charge in [-0.3, -0.25) is 0 Å². The Morgan fingerprint density at radius 2 is 1.79 bits per heavy atom. The number of fused-ring (bicyclic) bond motifs is 3. The number of hydrogen-bond acceptors (Lipinski definition) is 4. The van der Waals surface area contributed by atoms with Crippen LogP contribution in [-0.2, 0) is 10.0 Å². The van der Waals surface area contributed by atoms with Crippen LogP contribution < -0.4 is 4.83 Å². The van der Waals surface area contributed by atoms with Crippen LogP contribution in [0.15, 0.2) is 34.3 Å². The van der Waals surface area contributed by atoms with E-state index in [9.17, 15) is 13.5 Å². The van der Waals surface area contributed by atoms with E-state index in [1.54, 1.807) is 24.3 Å². The molecule has 4 rings (SSSR count). The van der Waals surface area contributed by atoms with Crippen molar-refractivity contribution in [1.82, 2.24) is 4.83 Å². The van der Waals surface area contributed by atoms with Crippen molar-refractivity contribution in [2.45, 2.75) is 69.3 Å². The van der Waals surface area contributed by atoms with Gasteiger partial charge in [0.15, 0.2) is 0 Å². The molecule has 0 atom stereocenters. The minimum Gasteiger partial charge on any atom is -0.389 e. The molecule has 0 saturated heterocycles. The molecular formula is C18H26N2O3S. The molecule has 3 fully saturated rings. The summed E-state index contributed by atoms with van der Waals surface area (Å²) >= 11 is 0. The van der Waals surface area contributed by atoms with Gasteiger partial charge >= 0.3 is 0 Å². The fourth-order valence-electron chi connectivity index (χ4n) is 4.07. The number of aliphatic hydroxyl groups is 1. The number of hydrogen-bond donors (Lipinski definition) is 2. The van der Waals surface area contributed by atoms with Crippen LogP contribution in [0.4, 0.5) is 0 Å². The van der Waals surface area contributed by atoms with Gasteiger partial charge in [-0.1, -0.05) is 31.0 Å². The molecule has 0 spiro atoms. The van der Waals surface area contributed by atoms with Crippen LogP contribution in [0.25, 0.3) is 0 Å². The van der Waals surface area contributed by atoms with Crippen molar-refractivity contribution in [3.05, 3.63) is 29.8 Å². The largest absolute Gasteiger partial charge is 0.389 e. The van der Waals surface area contributed by atoms with Gasteiger partial charge in [0, 0.05) is 17.5 Å². The molecule has 0 radical (unpaired) electrons. The van der Waals surface area contributed by atoms with Gasteiger partial charge in [0.25, 0.3) is 10.0 Å². The van der Waals surface area contributed by atoms with Gasteiger partial charge in [-0.15, -0.1) is 0 Å². The second-order valence-corrected chi connectivity index (χ2v) is 9.06. The molecule has 5 nitrogen and oxygen atoms in total. The fourth-order valence-corrected chi connectivity index (χ4v) is 4.90. The lowest BCUT2D eigenvalue weighted by Crippen LogP contribution is -2.52. The molecule has 1 aromatic rings. The first-order valence-electron chi connectivity index (χ1n) is 8.67. The summed E-state index contributed by atoms with van der Waals surface area (Å²) in [6.45, 7) is 4.05. The Kier molecular flexibility index (Phi) is 4.47. The van der Waals surface area contributed by atoms with Crippen LogP contribution in [0, 0.1) is 12.3 Å². The average molecular weight is 350 g/mol. The van der Waals surface area contributed by atoms with Crippen molar-refractivity contribution in [1.29, 1.82) is 0 Å². The Balaban J connectivity index is 1.85. The molecule has 0 aromatic heterocycles. The topological polar surface area (TPSA) is 78.8 Å². The lowest BCUT2D eigenvalue weighted by atomic mass is 9.56. The molecule has 2 N–H and O–H groups in total. The molecule has 3 aliphatic carbocycles. The van der Waals surface area contributed by atoms with Crippen LogP contribution >= 0.6 is 0 Å². The van der Waals surface area contributed by atoms with Gasteiger partial charge in [-0.05, 0) is 51.2 Å². The average Bonchev–Trinajstić information content (AvgIpc) is 2.55. The van der Waals surface area contributed by atoms with E-state index in [-0.39, 0.29) is 10.3 Å².